The summed E-state index contributed by atoms with van der Waals surface area (Å²) in [6.07, 6.45) is 1.75. The smallest absolute Gasteiger partial charge is 0.255 e. The second-order valence-corrected chi connectivity index (χ2v) is 5.62. The molecule has 0 fully saturated rings. The van der Waals surface area contributed by atoms with Crippen LogP contribution in [0.4, 0.5) is 11.4 Å². The third-order valence-corrected chi connectivity index (χ3v) is 3.61. The van der Waals surface area contributed by atoms with Crippen LogP contribution in [0, 0.1) is 0 Å². The molecule has 0 aliphatic heterocycles. The number of amides is 1. The zero-order chi connectivity index (χ0) is 16.8. The summed E-state index contributed by atoms with van der Waals surface area (Å²) in [6.45, 7) is 0. The first kappa shape index (κ1) is 16.0. The van der Waals surface area contributed by atoms with E-state index in [2.05, 4.69) is 10.3 Å². The van der Waals surface area contributed by atoms with Crippen LogP contribution in [0.2, 0.25) is 5.02 Å². The van der Waals surface area contributed by atoms with Crippen LogP contribution in [0.1, 0.15) is 15.9 Å². The van der Waals surface area contributed by atoms with E-state index in [9.17, 15) is 4.79 Å². The van der Waals surface area contributed by atoms with E-state index in [4.69, 9.17) is 11.6 Å². The zero-order valence-electron chi connectivity index (χ0n) is 12.8. The Hall–Kier alpha value is -2.91. The summed E-state index contributed by atoms with van der Waals surface area (Å²) in [5.74, 6) is -0.134. The topological polar surface area (TPSA) is 41.5 Å². The Morgan fingerprint density at radius 1 is 0.917 bits per heavy atom. The number of carbonyl (C=O) groups excluding carboxylic acids is 1. The normalized spacial score (nSPS) is 10.7. The quantitative estimate of drug-likeness (QED) is 0.642. The number of nitrogens with zero attached hydrogens (tertiary/aromatic N) is 1. The van der Waals surface area contributed by atoms with Crippen LogP contribution in [0.3, 0.4) is 0 Å². The molecule has 0 radical (unpaired) electrons. The molecule has 3 rings (SSSR count). The molecular formula is C20H15ClN2O. The van der Waals surface area contributed by atoms with Crippen LogP contribution in [0.25, 0.3) is 0 Å². The summed E-state index contributed by atoms with van der Waals surface area (Å²) >= 11 is 5.94. The van der Waals surface area contributed by atoms with Crippen molar-refractivity contribution in [2.24, 2.45) is 4.99 Å². The average Bonchev–Trinajstić information content (AvgIpc) is 2.62. The van der Waals surface area contributed by atoms with Crippen LogP contribution >= 0.6 is 11.6 Å². The molecule has 0 unspecified atom stereocenters. The number of anilines is 1. The van der Waals surface area contributed by atoms with Crippen molar-refractivity contribution >= 4 is 35.1 Å². The van der Waals surface area contributed by atoms with Crippen molar-refractivity contribution < 1.29 is 4.79 Å². The van der Waals surface area contributed by atoms with E-state index in [0.717, 1.165) is 16.9 Å². The number of benzene rings is 3. The highest BCUT2D eigenvalue weighted by Gasteiger charge is 2.04. The molecule has 1 N–H and O–H groups in total. The van der Waals surface area contributed by atoms with Gasteiger partial charge in [0.1, 0.15) is 0 Å². The molecule has 0 saturated heterocycles. The van der Waals surface area contributed by atoms with Gasteiger partial charge < -0.3 is 5.32 Å². The lowest BCUT2D eigenvalue weighted by Gasteiger charge is -2.05. The van der Waals surface area contributed by atoms with Gasteiger partial charge in [0.05, 0.1) is 5.69 Å². The highest BCUT2D eigenvalue weighted by atomic mass is 35.5. The van der Waals surface area contributed by atoms with E-state index in [-0.39, 0.29) is 5.91 Å². The van der Waals surface area contributed by atoms with E-state index in [1.807, 2.05) is 66.7 Å². The van der Waals surface area contributed by atoms with Crippen LogP contribution < -0.4 is 5.32 Å². The Labute approximate surface area is 145 Å². The molecule has 0 aliphatic rings. The molecule has 0 aliphatic carbocycles. The summed E-state index contributed by atoms with van der Waals surface area (Å²) in [6, 6.07) is 23.9. The Balaban J connectivity index is 1.66. The van der Waals surface area contributed by atoms with Crippen molar-refractivity contribution in [1.29, 1.82) is 0 Å². The first-order chi connectivity index (χ1) is 11.7. The third-order valence-electron chi connectivity index (χ3n) is 3.37. The van der Waals surface area contributed by atoms with Gasteiger partial charge in [0.2, 0.25) is 0 Å². The summed E-state index contributed by atoms with van der Waals surface area (Å²) in [5, 5.41) is 3.54. The third kappa shape index (κ3) is 4.31. The summed E-state index contributed by atoms with van der Waals surface area (Å²) in [5.41, 5.74) is 3.09. The van der Waals surface area contributed by atoms with Crippen molar-refractivity contribution in [3.05, 3.63) is 95.0 Å². The Morgan fingerprint density at radius 3 is 2.38 bits per heavy atom. The molecule has 4 heteroatoms. The lowest BCUT2D eigenvalue weighted by atomic mass is 10.2. The van der Waals surface area contributed by atoms with Gasteiger partial charge in [0, 0.05) is 22.5 Å². The molecule has 0 spiro atoms. The van der Waals surface area contributed by atoms with E-state index in [1.54, 1.807) is 18.3 Å². The number of carbonyl (C=O) groups is 1. The molecule has 24 heavy (non-hydrogen) atoms. The molecule has 3 aromatic rings. The fraction of sp³-hybridized carbons (Fsp3) is 0. The van der Waals surface area contributed by atoms with Crippen molar-refractivity contribution in [1.82, 2.24) is 0 Å². The zero-order valence-corrected chi connectivity index (χ0v) is 13.6. The largest absolute Gasteiger partial charge is 0.322 e. The Bertz CT molecular complexity index is 858. The number of halogens is 1. The lowest BCUT2D eigenvalue weighted by Crippen LogP contribution is -2.11. The van der Waals surface area contributed by atoms with Gasteiger partial charge in [-0.1, -0.05) is 41.9 Å². The molecule has 0 atom stereocenters. The maximum Gasteiger partial charge on any atom is 0.255 e. The lowest BCUT2D eigenvalue weighted by molar-refractivity contribution is 0.102. The van der Waals surface area contributed by atoms with Gasteiger partial charge in [-0.15, -0.1) is 0 Å². The predicted octanol–water partition coefficient (Wildman–Crippen LogP) is 5.34. The van der Waals surface area contributed by atoms with Crippen molar-refractivity contribution in [3.63, 3.8) is 0 Å². The molecule has 0 aromatic heterocycles. The monoisotopic (exact) mass is 334 g/mol. The highest BCUT2D eigenvalue weighted by Crippen LogP contribution is 2.17. The van der Waals surface area contributed by atoms with Crippen LogP contribution in [0.5, 0.6) is 0 Å². The summed E-state index contributed by atoms with van der Waals surface area (Å²) in [4.78, 5) is 16.5. The van der Waals surface area contributed by atoms with E-state index < -0.39 is 0 Å². The number of hydrogen-bond acceptors (Lipinski definition) is 2. The van der Waals surface area contributed by atoms with Crippen LogP contribution in [0.15, 0.2) is 83.9 Å². The molecule has 3 aromatic carbocycles. The maximum atomic E-state index is 12.1. The molecular weight excluding hydrogens is 320 g/mol. The Kier molecular flexibility index (Phi) is 5.04. The number of nitrogens with one attached hydrogen (secondary N) is 1. The van der Waals surface area contributed by atoms with Crippen LogP contribution in [-0.4, -0.2) is 12.1 Å². The molecule has 0 bridgehead atoms. The Morgan fingerprint density at radius 2 is 1.67 bits per heavy atom. The molecule has 0 heterocycles. The minimum absolute atomic E-state index is 0.134. The second kappa shape index (κ2) is 7.57. The molecule has 0 saturated carbocycles. The second-order valence-electron chi connectivity index (χ2n) is 5.18. The van der Waals surface area contributed by atoms with Gasteiger partial charge >= 0.3 is 0 Å². The summed E-state index contributed by atoms with van der Waals surface area (Å²) < 4.78 is 0. The number of aliphatic imine (C=N–C) groups is 1. The minimum Gasteiger partial charge on any atom is -0.322 e. The molecule has 3 nitrogen and oxygen atoms in total. The number of rotatable bonds is 4. The van der Waals surface area contributed by atoms with Crippen LogP contribution in [-0.2, 0) is 0 Å². The molecule has 1 amide bonds. The van der Waals surface area contributed by atoms with E-state index in [0.29, 0.717) is 10.6 Å². The number of hydrogen-bond donors (Lipinski definition) is 1. The fourth-order valence-corrected chi connectivity index (χ4v) is 2.36. The predicted molar refractivity (Wildman–Crippen MR) is 99.5 cm³/mol. The standard InChI is InChI=1S/C20H15ClN2O/c21-17-8-4-5-15(13-17)14-22-18-9-11-19(12-10-18)23-20(24)16-6-2-1-3-7-16/h1-14H,(H,23,24). The van der Waals surface area contributed by atoms with E-state index in [1.165, 1.54) is 0 Å². The molecule has 118 valence electrons. The first-order valence-corrected chi connectivity index (χ1v) is 7.84. The average molecular weight is 335 g/mol. The SMILES string of the molecule is O=C(Nc1ccc(N=Cc2cccc(Cl)c2)cc1)c1ccccc1. The maximum absolute atomic E-state index is 12.1. The first-order valence-electron chi connectivity index (χ1n) is 7.47. The van der Waals surface area contributed by atoms with Gasteiger partial charge in [-0.2, -0.15) is 0 Å². The van der Waals surface area contributed by atoms with Crippen molar-refractivity contribution in [3.8, 4) is 0 Å². The van der Waals surface area contributed by atoms with Gasteiger partial charge in [-0.25, -0.2) is 0 Å². The van der Waals surface area contributed by atoms with Crippen molar-refractivity contribution in [2.75, 3.05) is 5.32 Å². The van der Waals surface area contributed by atoms with E-state index >= 15 is 0 Å². The highest BCUT2D eigenvalue weighted by molar-refractivity contribution is 6.30. The van der Waals surface area contributed by atoms with Gasteiger partial charge in [0.25, 0.3) is 5.91 Å². The van der Waals surface area contributed by atoms with Crippen molar-refractivity contribution in [2.45, 2.75) is 0 Å². The summed E-state index contributed by atoms with van der Waals surface area (Å²) in [7, 11) is 0. The minimum atomic E-state index is -0.134. The van der Waals surface area contributed by atoms with Gasteiger partial charge in [0.15, 0.2) is 0 Å². The van der Waals surface area contributed by atoms with Gasteiger partial charge in [-0.05, 0) is 54.1 Å². The fourth-order valence-electron chi connectivity index (χ4n) is 2.16. The van der Waals surface area contributed by atoms with Gasteiger partial charge in [-0.3, -0.25) is 9.79 Å².